The number of carbonyl (C=O) groups is 6. The highest BCUT2D eigenvalue weighted by molar-refractivity contribution is 6.36. The fraction of sp³-hybridized carbons (Fsp3) is 0.806. The van der Waals surface area contributed by atoms with E-state index in [0.717, 1.165) is 12.3 Å². The van der Waals surface area contributed by atoms with Crippen molar-refractivity contribution in [3.63, 3.8) is 0 Å². The van der Waals surface area contributed by atoms with E-state index in [2.05, 4.69) is 22.9 Å². The summed E-state index contributed by atoms with van der Waals surface area (Å²) in [6.45, 7) is 15.1. The van der Waals surface area contributed by atoms with Crippen LogP contribution in [-0.2, 0) is 19.2 Å². The number of nitrogens with zero attached hydrogens (tertiary/aromatic N) is 3. The zero-order valence-corrected chi connectivity index (χ0v) is 28.0. The van der Waals surface area contributed by atoms with Crippen molar-refractivity contribution in [3.8, 4) is 0 Å². The second-order valence-corrected chi connectivity index (χ2v) is 14.6. The lowest BCUT2D eigenvalue weighted by Crippen LogP contribution is -2.62. The number of hydrogen-bond acceptors (Lipinski definition) is 6. The summed E-state index contributed by atoms with van der Waals surface area (Å²) in [5.74, 6) is -2.00. The van der Waals surface area contributed by atoms with Gasteiger partial charge >= 0.3 is 12.1 Å². The molecule has 2 heterocycles. The first kappa shape index (κ1) is 36.8. The fourth-order valence-corrected chi connectivity index (χ4v) is 5.29. The normalized spacial score (nSPS) is 20.5. The summed E-state index contributed by atoms with van der Waals surface area (Å²) < 4.78 is 0. The molecule has 0 bridgehead atoms. The summed E-state index contributed by atoms with van der Waals surface area (Å²) in [5.41, 5.74) is 3.87. The van der Waals surface area contributed by atoms with E-state index in [-0.39, 0.29) is 11.4 Å². The van der Waals surface area contributed by atoms with Crippen molar-refractivity contribution < 1.29 is 28.8 Å². The molecule has 13 heteroatoms. The molecule has 3 atom stereocenters. The molecule has 0 radical (unpaired) electrons. The molecule has 0 unspecified atom stereocenters. The number of rotatable bonds is 9. The van der Waals surface area contributed by atoms with Crippen LogP contribution in [0, 0.1) is 16.7 Å². The van der Waals surface area contributed by atoms with Gasteiger partial charge in [0.25, 0.3) is 5.91 Å². The maximum atomic E-state index is 13.7. The minimum absolute atomic E-state index is 0.0867. The van der Waals surface area contributed by atoms with Crippen LogP contribution < -0.4 is 21.7 Å². The van der Waals surface area contributed by atoms with Crippen LogP contribution in [0.1, 0.15) is 87.0 Å². The van der Waals surface area contributed by atoms with E-state index in [4.69, 9.17) is 5.73 Å². The fourth-order valence-electron chi connectivity index (χ4n) is 5.29. The molecule has 3 rings (SSSR count). The van der Waals surface area contributed by atoms with Gasteiger partial charge in [0, 0.05) is 33.2 Å². The Morgan fingerprint density at radius 2 is 1.50 bits per heavy atom. The maximum Gasteiger partial charge on any atom is 0.319 e. The molecule has 3 fully saturated rings. The third-order valence-corrected chi connectivity index (χ3v) is 8.59. The Labute approximate surface area is 262 Å². The standard InChI is InChI=1S/C26H45N7O6.C5H10/c1-25(2,3)18(15-32-12-9-11-31(7)24(32)39)29-23(38)30-19(26(4,5)6)22(37)33-13-8-10-16(33)21(36)28-14-17(34)20(27)35;1-5-3-2-4-5/h16,18-19H,8-15H2,1-7H3,(H2,27,35)(H,28,36)(H2,29,30,38);5H,2-4H2,1H3/t16-,18+,19+;/m0./s1. The maximum absolute atomic E-state index is 13.7. The highest BCUT2D eigenvalue weighted by Crippen LogP contribution is 2.27. The summed E-state index contributed by atoms with van der Waals surface area (Å²) in [4.78, 5) is 79.6. The average Bonchev–Trinajstić information content (AvgIpc) is 3.40. The average molecular weight is 622 g/mol. The van der Waals surface area contributed by atoms with Crippen LogP contribution in [0.15, 0.2) is 0 Å². The molecule has 0 spiro atoms. The number of carbonyl (C=O) groups excluding carboxylic acids is 6. The number of amides is 7. The Morgan fingerprint density at radius 1 is 0.886 bits per heavy atom. The van der Waals surface area contributed by atoms with Gasteiger partial charge in [0.1, 0.15) is 12.1 Å². The van der Waals surface area contributed by atoms with E-state index in [1.165, 1.54) is 24.2 Å². The molecule has 5 N–H and O–H groups in total. The van der Waals surface area contributed by atoms with Gasteiger partial charge in [-0.2, -0.15) is 0 Å². The lowest BCUT2D eigenvalue weighted by Gasteiger charge is -2.40. The number of primary amides is 1. The third kappa shape index (κ3) is 10.7. The van der Waals surface area contributed by atoms with E-state index >= 15 is 0 Å². The van der Waals surface area contributed by atoms with Crippen molar-refractivity contribution in [2.24, 2.45) is 22.5 Å². The molecule has 250 valence electrons. The Morgan fingerprint density at radius 3 is 2.00 bits per heavy atom. The predicted molar refractivity (Wildman–Crippen MR) is 167 cm³/mol. The van der Waals surface area contributed by atoms with E-state index in [9.17, 15) is 28.8 Å². The topological polar surface area (TPSA) is 174 Å². The quantitative estimate of drug-likeness (QED) is 0.286. The van der Waals surface area contributed by atoms with E-state index in [1.54, 1.807) is 16.8 Å². The molecular formula is C31H55N7O6. The number of nitrogens with one attached hydrogen (secondary N) is 3. The van der Waals surface area contributed by atoms with E-state index in [0.29, 0.717) is 39.0 Å². The summed E-state index contributed by atoms with van der Waals surface area (Å²) >= 11 is 0. The van der Waals surface area contributed by atoms with Gasteiger partial charge in [0.2, 0.25) is 17.6 Å². The molecule has 13 nitrogen and oxygen atoms in total. The van der Waals surface area contributed by atoms with Crippen molar-refractivity contribution in [1.82, 2.24) is 30.7 Å². The van der Waals surface area contributed by atoms with Gasteiger partial charge in [-0.3, -0.25) is 19.2 Å². The summed E-state index contributed by atoms with van der Waals surface area (Å²) in [7, 11) is 1.75. The molecule has 0 aromatic carbocycles. The summed E-state index contributed by atoms with van der Waals surface area (Å²) in [6.07, 6.45) is 6.26. The monoisotopic (exact) mass is 621 g/mol. The predicted octanol–water partition coefficient (Wildman–Crippen LogP) is 1.84. The molecule has 7 amide bonds. The van der Waals surface area contributed by atoms with Crippen LogP contribution in [0.2, 0.25) is 0 Å². The number of nitrogens with two attached hydrogens (primary N) is 1. The lowest BCUT2D eigenvalue weighted by molar-refractivity contribution is -0.142. The second-order valence-electron chi connectivity index (χ2n) is 14.6. The first-order valence-corrected chi connectivity index (χ1v) is 15.8. The van der Waals surface area contributed by atoms with Crippen LogP contribution in [-0.4, -0.2) is 108 Å². The minimum Gasteiger partial charge on any atom is -0.363 e. The number of urea groups is 2. The molecule has 1 saturated carbocycles. The van der Waals surface area contributed by atoms with Crippen molar-refractivity contribution >= 4 is 35.6 Å². The number of Topliss-reactive ketones (excluding diaryl/α,β-unsaturated/α-hetero) is 1. The van der Waals surface area contributed by atoms with Gasteiger partial charge in [-0.1, -0.05) is 67.7 Å². The van der Waals surface area contributed by atoms with Gasteiger partial charge in [0.05, 0.1) is 12.6 Å². The molecule has 44 heavy (non-hydrogen) atoms. The van der Waals surface area contributed by atoms with E-state index < -0.39 is 59.6 Å². The Balaban J connectivity index is 0.00000122. The smallest absolute Gasteiger partial charge is 0.319 e. The van der Waals surface area contributed by atoms with Gasteiger partial charge in [-0.05, 0) is 36.0 Å². The van der Waals surface area contributed by atoms with Crippen molar-refractivity contribution in [2.45, 2.75) is 105 Å². The summed E-state index contributed by atoms with van der Waals surface area (Å²) in [5, 5.41) is 8.17. The van der Waals surface area contributed by atoms with Crippen molar-refractivity contribution in [3.05, 3.63) is 0 Å². The van der Waals surface area contributed by atoms with Gasteiger partial charge in [-0.15, -0.1) is 0 Å². The zero-order chi connectivity index (χ0) is 33.4. The largest absolute Gasteiger partial charge is 0.363 e. The molecule has 3 aliphatic rings. The third-order valence-electron chi connectivity index (χ3n) is 8.59. The van der Waals surface area contributed by atoms with Crippen LogP contribution >= 0.6 is 0 Å². The lowest BCUT2D eigenvalue weighted by atomic mass is 9.85. The SMILES string of the molecule is CC1CCC1.CN1CCCN(C[C@@H](NC(=O)N[C@H](C(=O)N2CCC[C@H]2C(=O)NCC(=O)C(N)=O)C(C)(C)C)C(C)(C)C)C1=O. The zero-order valence-electron chi connectivity index (χ0n) is 28.0. The first-order valence-electron chi connectivity index (χ1n) is 15.8. The Bertz CT molecular complexity index is 1060. The molecule has 0 aromatic rings. The molecule has 2 aliphatic heterocycles. The first-order chi connectivity index (χ1) is 20.3. The Hall–Kier alpha value is -3.38. The van der Waals surface area contributed by atoms with E-state index in [1.807, 2.05) is 41.5 Å². The van der Waals surface area contributed by atoms with Gasteiger partial charge in [0.15, 0.2) is 0 Å². The highest BCUT2D eigenvalue weighted by atomic mass is 16.2. The van der Waals surface area contributed by atoms with Crippen LogP contribution in [0.5, 0.6) is 0 Å². The van der Waals surface area contributed by atoms with Crippen LogP contribution in [0.4, 0.5) is 9.59 Å². The summed E-state index contributed by atoms with van der Waals surface area (Å²) in [6, 6.07) is -2.82. The van der Waals surface area contributed by atoms with Gasteiger partial charge in [-0.25, -0.2) is 9.59 Å². The molecule has 0 aromatic heterocycles. The number of hydrogen-bond donors (Lipinski definition) is 4. The second kappa shape index (κ2) is 15.6. The Kier molecular flexibility index (Phi) is 13.0. The molecule has 1 aliphatic carbocycles. The van der Waals surface area contributed by atoms with Crippen molar-refractivity contribution in [2.75, 3.05) is 39.8 Å². The number of ketones is 1. The van der Waals surface area contributed by atoms with Crippen molar-refractivity contribution in [1.29, 1.82) is 0 Å². The molecule has 2 saturated heterocycles. The van der Waals surface area contributed by atoms with Crippen LogP contribution in [0.25, 0.3) is 0 Å². The highest BCUT2D eigenvalue weighted by Gasteiger charge is 2.42. The van der Waals surface area contributed by atoms with Gasteiger partial charge < -0.3 is 36.4 Å². The van der Waals surface area contributed by atoms with Crippen LogP contribution in [0.3, 0.4) is 0 Å². The molecular weight excluding hydrogens is 566 g/mol. The minimum atomic E-state index is -1.15. The number of likely N-dealkylation sites (tertiary alicyclic amines) is 1.